The fourth-order valence-corrected chi connectivity index (χ4v) is 23.7. The monoisotopic (exact) mass is 1440 g/mol. The second-order valence-electron chi connectivity index (χ2n) is 34.8. The molecule has 4 aromatic carbocycles. The van der Waals surface area contributed by atoms with Crippen LogP contribution >= 0.6 is 47.0 Å². The number of hydrogen-bond acceptors (Lipinski definition) is 20. The van der Waals surface area contributed by atoms with Crippen LogP contribution in [0.2, 0.25) is 0 Å². The molecule has 100 heavy (non-hydrogen) atoms. The van der Waals surface area contributed by atoms with Crippen molar-refractivity contribution in [2.24, 2.45) is 63.1 Å². The van der Waals surface area contributed by atoms with Crippen LogP contribution < -0.4 is 63.8 Å². The highest BCUT2D eigenvalue weighted by Crippen LogP contribution is 2.53. The molecule has 16 N–H and O–H groups in total. The van der Waals surface area contributed by atoms with Crippen molar-refractivity contribution in [1.82, 2.24) is 63.8 Å². The molecule has 4 saturated heterocycles. The van der Waals surface area contributed by atoms with Crippen LogP contribution in [0, 0.1) is 90.8 Å². The fraction of sp³-hybridized carbons (Fsp3) is 0.675. The smallest absolute Gasteiger partial charge is 0.102 e. The summed E-state index contributed by atoms with van der Waals surface area (Å²) < 4.78 is 0. The number of rotatable bonds is 24. The summed E-state index contributed by atoms with van der Waals surface area (Å²) in [4.78, 5) is 5.19. The van der Waals surface area contributed by atoms with Gasteiger partial charge in [0.05, 0.1) is 43.2 Å². The third kappa shape index (κ3) is 17.2. The molecule has 0 amide bonds. The third-order valence-electron chi connectivity index (χ3n) is 24.2. The van der Waals surface area contributed by atoms with Gasteiger partial charge >= 0.3 is 0 Å². The first kappa shape index (κ1) is 75.3. The van der Waals surface area contributed by atoms with E-state index in [0.717, 1.165) is 57.2 Å². The zero-order valence-corrected chi connectivity index (χ0v) is 64.9. The minimum absolute atomic E-state index is 0.0276. The Morgan fingerprint density at radius 1 is 0.330 bits per heavy atom. The Kier molecular flexibility index (Phi) is 24.0. The number of nitrogens with one attached hydrogen (secondary N) is 12. The van der Waals surface area contributed by atoms with Crippen LogP contribution in [0.3, 0.4) is 0 Å². The lowest BCUT2D eigenvalue weighted by Gasteiger charge is -2.46. The van der Waals surface area contributed by atoms with Gasteiger partial charge < -0.3 is 52.3 Å². The first-order chi connectivity index (χ1) is 47.9. The van der Waals surface area contributed by atoms with Crippen molar-refractivity contribution < 1.29 is 20.4 Å². The Hall–Kier alpha value is -2.94. The van der Waals surface area contributed by atoms with Gasteiger partial charge in [0.25, 0.3) is 0 Å². The first-order valence-corrected chi connectivity index (χ1v) is 41.5. The van der Waals surface area contributed by atoms with Crippen molar-refractivity contribution in [3.05, 3.63) is 131 Å². The largest absolute Gasteiger partial charge is 0.396 e. The molecule has 22 atom stereocenters. The van der Waals surface area contributed by atoms with E-state index in [4.69, 9.17) is 0 Å². The summed E-state index contributed by atoms with van der Waals surface area (Å²) >= 11 is 8.20. The lowest BCUT2D eigenvalue weighted by atomic mass is 9.73. The average Bonchev–Trinajstić information content (AvgIpc) is 1.58. The molecule has 22 unspecified atom stereocenters. The van der Waals surface area contributed by atoms with E-state index in [0.29, 0.717) is 26.2 Å². The third-order valence-corrected chi connectivity index (χ3v) is 29.7. The summed E-state index contributed by atoms with van der Waals surface area (Å²) in [5.41, 5.74) is 5.20. The average molecular weight is 1440 g/mol. The fourth-order valence-electron chi connectivity index (χ4n) is 18.2. The second-order valence-corrected chi connectivity index (χ2v) is 40.0. The molecule has 5 heterocycles. The van der Waals surface area contributed by atoms with Crippen molar-refractivity contribution in [3.63, 3.8) is 0 Å². The number of benzene rings is 4. The lowest BCUT2D eigenvalue weighted by Crippen LogP contribution is -2.62. The van der Waals surface area contributed by atoms with E-state index in [1.54, 1.807) is 0 Å². The van der Waals surface area contributed by atoms with Gasteiger partial charge in [-0.1, -0.05) is 126 Å². The zero-order valence-electron chi connectivity index (χ0n) is 61.7. The van der Waals surface area contributed by atoms with Gasteiger partial charge in [-0.25, -0.2) is 0 Å². The van der Waals surface area contributed by atoms with Gasteiger partial charge in [0.2, 0.25) is 0 Å². The van der Waals surface area contributed by atoms with Crippen LogP contribution in [-0.2, 0) is 0 Å². The standard InChI is InChI=1S/C80H122N12O4S4/c1-45-13-21-49(22-14-45)97-57-33-29-53(81-37-77(5,6)41-93)61-65(57)73-86-69(61)85-70-62-54(82-38-78(7,8)42-94)30-35-59(99-51-25-17-47(3)18-26-51)67(62)75(87-70)92-76-68-60(100-52-27-19-48(4)20-28-52)36-32-56(84-40-80(11,12)44-96)64(68)72(91-76)90-74-66-58(98-50-23-15-46(2)16-24-50)34-31-55(63(66)71(88-73)89-74)83-39-79(9,10)43-95/h13-28,53-64,66-72,74-76,81-96H,29-44H2,1-12H3. The highest BCUT2D eigenvalue weighted by molar-refractivity contribution is 8.00. The molecular formula is C80H122N12O4S4. The van der Waals surface area contributed by atoms with Crippen LogP contribution in [0.4, 0.5) is 0 Å². The maximum atomic E-state index is 10.9. The summed E-state index contributed by atoms with van der Waals surface area (Å²) in [6.45, 7) is 29.4. The molecule has 20 heteroatoms. The van der Waals surface area contributed by atoms with Gasteiger partial charge in [0.1, 0.15) is 5.82 Å². The molecule has 9 aliphatic rings. The minimum Gasteiger partial charge on any atom is -0.396 e. The topological polar surface area (TPSA) is 225 Å². The predicted octanol–water partition coefficient (Wildman–Crippen LogP) is 9.54. The van der Waals surface area contributed by atoms with Gasteiger partial charge in [-0.05, 0) is 133 Å². The van der Waals surface area contributed by atoms with Crippen LogP contribution in [-0.4, -0.2) is 161 Å². The highest BCUT2D eigenvalue weighted by atomic mass is 32.2. The Bertz CT molecular complexity index is 3370. The lowest BCUT2D eigenvalue weighted by molar-refractivity contribution is 0.111. The van der Waals surface area contributed by atoms with Gasteiger partial charge in [-0.2, -0.15) is 0 Å². The molecule has 13 rings (SSSR count). The van der Waals surface area contributed by atoms with E-state index in [2.05, 4.69) is 279 Å². The number of thioether (sulfide) groups is 4. The number of aryl methyl sites for hydroxylation is 4. The molecule has 8 bridgehead atoms. The zero-order chi connectivity index (χ0) is 70.4. The summed E-state index contributed by atoms with van der Waals surface area (Å²) in [5.74, 6) is 2.05. The molecule has 4 aromatic rings. The normalized spacial score (nSPS) is 35.2. The van der Waals surface area contributed by atoms with Crippen LogP contribution in [0.5, 0.6) is 0 Å². The Balaban J connectivity index is 0.997. The molecule has 16 nitrogen and oxygen atoms in total. The molecule has 5 aliphatic heterocycles. The number of hydrogen-bond donors (Lipinski definition) is 16. The van der Waals surface area contributed by atoms with Crippen molar-refractivity contribution >= 4 is 47.0 Å². The van der Waals surface area contributed by atoms with E-state index in [9.17, 15) is 20.4 Å². The minimum atomic E-state index is -0.327. The van der Waals surface area contributed by atoms with E-state index in [1.807, 2.05) is 11.8 Å². The van der Waals surface area contributed by atoms with Crippen molar-refractivity contribution in [3.8, 4) is 0 Å². The Morgan fingerprint density at radius 3 is 0.940 bits per heavy atom. The number of fused-ring (bicyclic) bond motifs is 19. The molecule has 8 fully saturated rings. The van der Waals surface area contributed by atoms with Gasteiger partial charge in [0, 0.05) is 180 Å². The van der Waals surface area contributed by atoms with Gasteiger partial charge in [0.15, 0.2) is 0 Å². The molecule has 0 aromatic heterocycles. The van der Waals surface area contributed by atoms with Crippen molar-refractivity contribution in [2.45, 2.75) is 242 Å². The highest BCUT2D eigenvalue weighted by Gasteiger charge is 2.61. The first-order valence-electron chi connectivity index (χ1n) is 38.0. The SMILES string of the molecule is Cc1ccc(SC2CCC(NCC(C)(C)CO)C3C2=C2NC3NC3NC(NC4NC(NC5NC(N2)C2C(NCC(C)(C)CO)CCC(Sc6ccc(C)cc6)C52)C2C(NCC(C)(C)CO)CCC(Sc5ccc(C)cc5)C42)C2C(Sc4ccc(C)cc4)CCC(NCC(C)(C)CO)C32)cc1. The summed E-state index contributed by atoms with van der Waals surface area (Å²) in [5, 5.41) is 97.8. The van der Waals surface area contributed by atoms with Crippen LogP contribution in [0.25, 0.3) is 0 Å². The summed E-state index contributed by atoms with van der Waals surface area (Å²) in [6.07, 6.45) is 7.13. The second kappa shape index (κ2) is 31.9. The van der Waals surface area contributed by atoms with Crippen LogP contribution in [0.15, 0.2) is 128 Å². The molecule has 4 saturated carbocycles. The summed E-state index contributed by atoms with van der Waals surface area (Å²) in [6, 6.07) is 37.4. The summed E-state index contributed by atoms with van der Waals surface area (Å²) in [7, 11) is 0. The van der Waals surface area contributed by atoms with E-state index in [-0.39, 0.29) is 178 Å². The predicted molar refractivity (Wildman–Crippen MR) is 414 cm³/mol. The Labute approximate surface area is 616 Å². The maximum Gasteiger partial charge on any atom is 0.102 e. The van der Waals surface area contributed by atoms with E-state index < -0.39 is 0 Å². The van der Waals surface area contributed by atoms with E-state index >= 15 is 0 Å². The van der Waals surface area contributed by atoms with E-state index in [1.165, 1.54) is 47.4 Å². The Morgan fingerprint density at radius 2 is 0.600 bits per heavy atom. The van der Waals surface area contributed by atoms with Crippen molar-refractivity contribution in [2.75, 3.05) is 52.6 Å². The molecule has 550 valence electrons. The number of aliphatic hydroxyl groups is 4. The van der Waals surface area contributed by atoms with Crippen LogP contribution in [0.1, 0.15) is 129 Å². The van der Waals surface area contributed by atoms with Crippen molar-refractivity contribution in [1.29, 1.82) is 0 Å². The molecule has 4 aliphatic carbocycles. The van der Waals surface area contributed by atoms with Gasteiger partial charge in [-0.3, -0.25) is 31.9 Å². The maximum absolute atomic E-state index is 10.9. The molecular weight excluding hydrogens is 1320 g/mol. The molecule has 0 radical (unpaired) electrons. The van der Waals surface area contributed by atoms with Gasteiger partial charge in [-0.15, -0.1) is 47.0 Å². The number of aliphatic hydroxyl groups excluding tert-OH is 4. The quantitative estimate of drug-likeness (QED) is 0.0314. The molecule has 0 spiro atoms.